The summed E-state index contributed by atoms with van der Waals surface area (Å²) in [6, 6.07) is -1.21. The Balaban J connectivity index is 5.22. The minimum atomic E-state index is -8.46. The van der Waals surface area contributed by atoms with Crippen molar-refractivity contribution < 1.29 is 110 Å². The van der Waals surface area contributed by atoms with E-state index in [1.54, 1.807) is 0 Å². The van der Waals surface area contributed by atoms with Gasteiger partial charge in [-0.2, -0.15) is 110 Å². The van der Waals surface area contributed by atoms with E-state index in [2.05, 4.69) is 0 Å². The Hall–Kier alpha value is -2.53. The van der Waals surface area contributed by atoms with Crippen molar-refractivity contribution in [2.45, 2.75) is 60.5 Å². The van der Waals surface area contributed by atoms with Crippen molar-refractivity contribution in [3.05, 3.63) is 33.9 Å². The number of alkyl halides is 25. The van der Waals surface area contributed by atoms with E-state index in [0.29, 0.717) is 0 Å². The molecule has 0 saturated carbocycles. The highest BCUT2D eigenvalue weighted by molar-refractivity contribution is 5.56. The molecule has 0 spiro atoms. The number of benzene rings is 1. The van der Waals surface area contributed by atoms with Crippen LogP contribution in [0.1, 0.15) is 27.8 Å². The summed E-state index contributed by atoms with van der Waals surface area (Å²) in [6.45, 7) is 0. The second-order valence-electron chi connectivity index (χ2n) is 7.36. The van der Waals surface area contributed by atoms with Crippen molar-refractivity contribution in [2.24, 2.45) is 0 Å². The molecule has 0 heterocycles. The lowest BCUT2D eigenvalue weighted by atomic mass is 9.78. The second-order valence-corrected chi connectivity index (χ2v) is 7.36. The van der Waals surface area contributed by atoms with Gasteiger partial charge in [0.05, 0.1) is 16.7 Å². The zero-order valence-electron chi connectivity index (χ0n) is 17.4. The smallest absolute Gasteiger partial charge is 0.191 e. The van der Waals surface area contributed by atoms with Crippen LogP contribution < -0.4 is 0 Å². The van der Waals surface area contributed by atoms with Crippen molar-refractivity contribution in [3.63, 3.8) is 0 Å². The van der Waals surface area contributed by atoms with E-state index in [0.717, 1.165) is 0 Å². The molecule has 0 saturated heterocycles. The van der Waals surface area contributed by atoms with Gasteiger partial charge >= 0.3 is 60.5 Å². The summed E-state index contributed by atoms with van der Waals surface area (Å²) in [5, 5.41) is 0. The van der Waals surface area contributed by atoms with Gasteiger partial charge in [-0.15, -0.1) is 0 Å². The number of hydrogen-bond acceptors (Lipinski definition) is 0. The Morgan fingerprint density at radius 1 is 0.244 bits per heavy atom. The average Bonchev–Trinajstić information content (AvgIpc) is 2.67. The molecule has 0 aliphatic carbocycles. The summed E-state index contributed by atoms with van der Waals surface area (Å²) in [6.07, 6.45) is -40.4. The summed E-state index contributed by atoms with van der Waals surface area (Å²) in [5.74, 6) is -41.0. The quantitative estimate of drug-likeness (QED) is 0.275. The first kappa shape index (κ1) is 36.5. The standard InChI is InChI=1S/C16F25/c17-7(18,12(27,28)29)2-1-3(8(19,20)13(30,31)32)5(10(23,24)15(36,37)38)6(11(25,26)16(39,40)41)4(2)9(21,22)14(33,34)35. The van der Waals surface area contributed by atoms with Gasteiger partial charge in [-0.1, -0.05) is 0 Å². The molecule has 0 aliphatic rings. The topological polar surface area (TPSA) is 0 Å². The van der Waals surface area contributed by atoms with Gasteiger partial charge in [-0.3, -0.25) is 0 Å². The van der Waals surface area contributed by atoms with E-state index in [1.807, 2.05) is 0 Å². The Bertz CT molecular complexity index is 1060. The van der Waals surface area contributed by atoms with E-state index >= 15 is 0 Å². The molecule has 239 valence electrons. The summed E-state index contributed by atoms with van der Waals surface area (Å²) < 4.78 is 333. The summed E-state index contributed by atoms with van der Waals surface area (Å²) in [4.78, 5) is 0. The van der Waals surface area contributed by atoms with Gasteiger partial charge in [0.15, 0.2) is 0 Å². The molecule has 0 nitrogen and oxygen atoms in total. The molecule has 1 radical (unpaired) electrons. The maximum atomic E-state index is 14.2. The van der Waals surface area contributed by atoms with Crippen LogP contribution in [-0.2, 0) is 29.6 Å². The zero-order valence-corrected chi connectivity index (χ0v) is 17.4. The highest BCUT2D eigenvalue weighted by atomic mass is 19.5. The second kappa shape index (κ2) is 9.23. The molecular weight excluding hydrogens is 667 g/mol. The monoisotopic (exact) mass is 667 g/mol. The number of hydrogen-bond donors (Lipinski definition) is 0. The fourth-order valence-electron chi connectivity index (χ4n) is 2.75. The van der Waals surface area contributed by atoms with E-state index in [9.17, 15) is 110 Å². The van der Waals surface area contributed by atoms with Gasteiger partial charge in [0.2, 0.25) is 0 Å². The van der Waals surface area contributed by atoms with Gasteiger partial charge in [0.25, 0.3) is 0 Å². The highest BCUT2D eigenvalue weighted by Crippen LogP contribution is 2.63. The van der Waals surface area contributed by atoms with Crippen molar-refractivity contribution >= 4 is 0 Å². The largest absolute Gasteiger partial charge is 0.458 e. The number of rotatable bonds is 5. The van der Waals surface area contributed by atoms with E-state index < -0.39 is 94.4 Å². The predicted molar refractivity (Wildman–Crippen MR) is 75.0 cm³/mol. The van der Waals surface area contributed by atoms with Crippen LogP contribution in [0.5, 0.6) is 0 Å². The molecule has 1 rings (SSSR count). The molecule has 1 aromatic rings. The summed E-state index contributed by atoms with van der Waals surface area (Å²) >= 11 is 0. The van der Waals surface area contributed by atoms with Gasteiger partial charge in [0.1, 0.15) is 0 Å². The van der Waals surface area contributed by atoms with Gasteiger partial charge < -0.3 is 0 Å². The van der Waals surface area contributed by atoms with Gasteiger partial charge in [-0.05, 0) is 0 Å². The Morgan fingerprint density at radius 2 is 0.415 bits per heavy atom. The third kappa shape index (κ3) is 5.51. The van der Waals surface area contributed by atoms with Crippen LogP contribution >= 0.6 is 0 Å². The van der Waals surface area contributed by atoms with Crippen LogP contribution in [0.2, 0.25) is 0 Å². The summed E-state index contributed by atoms with van der Waals surface area (Å²) in [5.41, 5.74) is -27.2. The lowest BCUT2D eigenvalue weighted by molar-refractivity contribution is -0.316. The van der Waals surface area contributed by atoms with Crippen LogP contribution in [-0.4, -0.2) is 30.9 Å². The maximum Gasteiger partial charge on any atom is 0.458 e. The molecule has 0 amide bonds. The first-order valence-electron chi connectivity index (χ1n) is 8.72. The van der Waals surface area contributed by atoms with Crippen molar-refractivity contribution in [1.82, 2.24) is 0 Å². The molecule has 41 heavy (non-hydrogen) atoms. The van der Waals surface area contributed by atoms with Crippen LogP contribution in [0.15, 0.2) is 0 Å². The van der Waals surface area contributed by atoms with Crippen LogP contribution in [0.25, 0.3) is 0 Å². The summed E-state index contributed by atoms with van der Waals surface area (Å²) in [7, 11) is 0. The Labute approximate surface area is 205 Å². The van der Waals surface area contributed by atoms with E-state index in [1.165, 1.54) is 0 Å². The fourth-order valence-corrected chi connectivity index (χ4v) is 2.75. The third-order valence-corrected chi connectivity index (χ3v) is 4.60. The minimum Gasteiger partial charge on any atom is -0.191 e. The van der Waals surface area contributed by atoms with Crippen molar-refractivity contribution in [2.75, 3.05) is 0 Å². The zero-order chi connectivity index (χ0) is 33.6. The van der Waals surface area contributed by atoms with Gasteiger partial charge in [0, 0.05) is 17.2 Å². The average molecular weight is 667 g/mol. The van der Waals surface area contributed by atoms with E-state index in [4.69, 9.17) is 0 Å². The first-order chi connectivity index (χ1) is 17.3. The van der Waals surface area contributed by atoms with Crippen molar-refractivity contribution in [1.29, 1.82) is 0 Å². The molecule has 0 aliphatic heterocycles. The molecule has 0 N–H and O–H groups in total. The molecule has 1 aromatic carbocycles. The minimum absolute atomic E-state index is 1.21. The van der Waals surface area contributed by atoms with Crippen molar-refractivity contribution in [3.8, 4) is 0 Å². The third-order valence-electron chi connectivity index (χ3n) is 4.60. The molecule has 0 fully saturated rings. The SMILES string of the molecule is FC(F)(F)C(F)(F)c1[c]c(C(F)(F)C(F)(F)F)c(C(F)(F)C(F)(F)F)c(C(F)(F)C(F)(F)F)c1C(F)(F)C(F)(F)F. The lowest BCUT2D eigenvalue weighted by Gasteiger charge is -2.37. The first-order valence-corrected chi connectivity index (χ1v) is 8.72. The van der Waals surface area contributed by atoms with Gasteiger partial charge in [-0.25, -0.2) is 0 Å². The lowest BCUT2D eigenvalue weighted by Crippen LogP contribution is -2.49. The molecule has 0 aromatic heterocycles. The Morgan fingerprint density at radius 3 is 0.585 bits per heavy atom. The molecule has 0 bridgehead atoms. The number of halogens is 25. The Kier molecular flexibility index (Phi) is 8.22. The highest BCUT2D eigenvalue weighted by Gasteiger charge is 2.76. The molecular formula is C16F25. The van der Waals surface area contributed by atoms with Crippen LogP contribution in [0.3, 0.4) is 0 Å². The van der Waals surface area contributed by atoms with E-state index in [-0.39, 0.29) is 0 Å². The predicted octanol–water partition coefficient (Wildman–Crippen LogP) is 9.76. The normalized spacial score (nSPS) is 15.9. The van der Waals surface area contributed by atoms with Crippen LogP contribution in [0.4, 0.5) is 110 Å². The molecule has 0 atom stereocenters. The molecule has 0 unspecified atom stereocenters. The molecule has 25 heteroatoms. The fraction of sp³-hybridized carbons (Fsp3) is 0.625. The maximum absolute atomic E-state index is 14.2. The van der Waals surface area contributed by atoms with Crippen LogP contribution in [0, 0.1) is 6.07 Å².